The lowest BCUT2D eigenvalue weighted by molar-refractivity contribution is 0.397. The summed E-state index contributed by atoms with van der Waals surface area (Å²) >= 11 is 0. The first-order valence-corrected chi connectivity index (χ1v) is 8.51. The third-order valence-electron chi connectivity index (χ3n) is 4.34. The number of hydrogen-bond donors (Lipinski definition) is 0. The van der Waals surface area contributed by atoms with Gasteiger partial charge in [0, 0.05) is 30.4 Å². The van der Waals surface area contributed by atoms with Gasteiger partial charge in [0.25, 0.3) is 0 Å². The lowest BCUT2D eigenvalue weighted by Gasteiger charge is -2.20. The van der Waals surface area contributed by atoms with Crippen molar-refractivity contribution in [1.29, 1.82) is 0 Å². The maximum Gasteiger partial charge on any atom is 0.230 e. The van der Waals surface area contributed by atoms with Crippen LogP contribution in [0.5, 0.6) is 5.88 Å². The van der Waals surface area contributed by atoms with Crippen LogP contribution < -0.4 is 9.64 Å². The first-order valence-electron chi connectivity index (χ1n) is 8.51. The van der Waals surface area contributed by atoms with Crippen LogP contribution in [0, 0.1) is 20.8 Å². The molecule has 0 amide bonds. The quantitative estimate of drug-likeness (QED) is 0.711. The van der Waals surface area contributed by atoms with Crippen LogP contribution in [0.15, 0.2) is 12.1 Å². The molecule has 0 spiro atoms. The number of rotatable bonds is 5. The molecule has 0 aliphatic rings. The van der Waals surface area contributed by atoms with E-state index in [-0.39, 0.29) is 0 Å². The Balaban J connectivity index is 2.29. The molecule has 0 aliphatic heterocycles. The highest BCUT2D eigenvalue weighted by atomic mass is 16.5. The smallest absolute Gasteiger partial charge is 0.230 e. The molecule has 3 aromatic rings. The van der Waals surface area contributed by atoms with E-state index in [0.29, 0.717) is 5.88 Å². The average Bonchev–Trinajstić information content (AvgIpc) is 2.91. The highest BCUT2D eigenvalue weighted by Gasteiger charge is 2.20. The van der Waals surface area contributed by atoms with Crippen molar-refractivity contribution in [1.82, 2.24) is 24.6 Å². The summed E-state index contributed by atoms with van der Waals surface area (Å²) in [5.74, 6) is 2.15. The van der Waals surface area contributed by atoms with Gasteiger partial charge in [-0.15, -0.1) is 0 Å². The normalized spacial score (nSPS) is 11.1. The number of ether oxygens (including phenoxy) is 1. The van der Waals surface area contributed by atoms with E-state index in [0.717, 1.165) is 53.0 Å². The van der Waals surface area contributed by atoms with Gasteiger partial charge in [-0.1, -0.05) is 0 Å². The van der Waals surface area contributed by atoms with Crippen molar-refractivity contribution in [3.05, 3.63) is 29.3 Å². The first-order chi connectivity index (χ1) is 12.0. The van der Waals surface area contributed by atoms with E-state index >= 15 is 0 Å². The second-order valence-corrected chi connectivity index (χ2v) is 5.93. The molecule has 132 valence electrons. The minimum atomic E-state index is 0.602. The largest absolute Gasteiger partial charge is 0.481 e. The minimum absolute atomic E-state index is 0.602. The van der Waals surface area contributed by atoms with Gasteiger partial charge in [-0.3, -0.25) is 0 Å². The zero-order valence-electron chi connectivity index (χ0n) is 15.7. The molecule has 25 heavy (non-hydrogen) atoms. The molecule has 0 saturated carbocycles. The van der Waals surface area contributed by atoms with Crippen LogP contribution >= 0.6 is 0 Å². The van der Waals surface area contributed by atoms with Crippen molar-refractivity contribution in [2.45, 2.75) is 34.6 Å². The number of aromatic nitrogens is 5. The van der Waals surface area contributed by atoms with Crippen molar-refractivity contribution < 1.29 is 4.74 Å². The monoisotopic (exact) mass is 340 g/mol. The number of pyridine rings is 1. The molecule has 3 aromatic heterocycles. The summed E-state index contributed by atoms with van der Waals surface area (Å²) in [7, 11) is 1.62. The number of aryl methyl sites for hydroxylation is 3. The Morgan fingerprint density at radius 2 is 1.72 bits per heavy atom. The summed E-state index contributed by atoms with van der Waals surface area (Å²) in [5, 5.41) is 4.72. The van der Waals surface area contributed by atoms with Crippen LogP contribution in [-0.2, 0) is 0 Å². The van der Waals surface area contributed by atoms with E-state index in [2.05, 4.69) is 33.7 Å². The summed E-state index contributed by atoms with van der Waals surface area (Å²) < 4.78 is 7.06. The van der Waals surface area contributed by atoms with Gasteiger partial charge in [0.1, 0.15) is 5.82 Å². The second kappa shape index (κ2) is 6.66. The van der Waals surface area contributed by atoms with Crippen molar-refractivity contribution in [3.8, 4) is 17.0 Å². The topological polar surface area (TPSA) is 68.4 Å². The molecule has 7 nitrogen and oxygen atoms in total. The van der Waals surface area contributed by atoms with Crippen LogP contribution in [-0.4, -0.2) is 44.8 Å². The molecule has 3 heterocycles. The van der Waals surface area contributed by atoms with Crippen LogP contribution in [0.4, 0.5) is 5.95 Å². The number of nitrogens with zero attached hydrogens (tertiary/aromatic N) is 6. The van der Waals surface area contributed by atoms with Gasteiger partial charge in [-0.25, -0.2) is 9.97 Å². The lowest BCUT2D eigenvalue weighted by atomic mass is 10.1. The first kappa shape index (κ1) is 17.1. The van der Waals surface area contributed by atoms with Gasteiger partial charge >= 0.3 is 0 Å². The van der Waals surface area contributed by atoms with Gasteiger partial charge in [0.2, 0.25) is 11.8 Å². The Kier molecular flexibility index (Phi) is 4.57. The zero-order valence-corrected chi connectivity index (χ0v) is 15.7. The van der Waals surface area contributed by atoms with Gasteiger partial charge in [-0.05, 0) is 40.7 Å². The highest BCUT2D eigenvalue weighted by Crippen LogP contribution is 2.31. The summed E-state index contributed by atoms with van der Waals surface area (Å²) in [6.07, 6.45) is 0. The van der Waals surface area contributed by atoms with Gasteiger partial charge < -0.3 is 9.64 Å². The number of fused-ring (bicyclic) bond motifs is 1. The molecule has 7 heteroatoms. The Bertz CT molecular complexity index is 914. The Morgan fingerprint density at radius 1 is 1.00 bits per heavy atom. The van der Waals surface area contributed by atoms with E-state index < -0.39 is 0 Å². The van der Waals surface area contributed by atoms with Crippen LogP contribution in [0.25, 0.3) is 16.8 Å². The van der Waals surface area contributed by atoms with Gasteiger partial charge in [0.15, 0.2) is 5.65 Å². The second-order valence-electron chi connectivity index (χ2n) is 5.93. The van der Waals surface area contributed by atoms with Crippen molar-refractivity contribution >= 4 is 11.6 Å². The summed E-state index contributed by atoms with van der Waals surface area (Å²) in [6, 6.07) is 3.88. The molecule has 0 saturated heterocycles. The molecular formula is C18H24N6O. The molecule has 0 unspecified atom stereocenters. The molecule has 0 bridgehead atoms. The van der Waals surface area contributed by atoms with E-state index in [1.807, 2.05) is 37.4 Å². The van der Waals surface area contributed by atoms with Gasteiger partial charge in [-0.2, -0.15) is 14.6 Å². The Hall–Kier alpha value is -2.70. The van der Waals surface area contributed by atoms with Gasteiger partial charge in [0.05, 0.1) is 18.4 Å². The average molecular weight is 340 g/mol. The molecule has 0 fully saturated rings. The predicted molar refractivity (Wildman–Crippen MR) is 98.3 cm³/mol. The number of methoxy groups -OCH3 is 1. The highest BCUT2D eigenvalue weighted by molar-refractivity contribution is 5.82. The van der Waals surface area contributed by atoms with E-state index in [1.165, 1.54) is 0 Å². The Labute approximate surface area is 147 Å². The van der Waals surface area contributed by atoms with E-state index in [9.17, 15) is 0 Å². The maximum atomic E-state index is 5.22. The molecule has 0 atom stereocenters. The standard InChI is InChI=1S/C18H24N6O/c1-7-23(8-2)18-21-13(5)20-17-16(12(4)22-24(17)18)14-9-10-15(25-6)19-11(14)3/h9-10H,7-8H2,1-6H3. The van der Waals surface area contributed by atoms with E-state index in [4.69, 9.17) is 9.84 Å². The minimum Gasteiger partial charge on any atom is -0.481 e. The summed E-state index contributed by atoms with van der Waals surface area (Å²) in [5.41, 5.74) is 4.60. The fourth-order valence-corrected chi connectivity index (χ4v) is 3.07. The molecule has 0 aromatic carbocycles. The zero-order chi connectivity index (χ0) is 18.1. The third kappa shape index (κ3) is 2.90. The van der Waals surface area contributed by atoms with Crippen molar-refractivity contribution in [2.24, 2.45) is 0 Å². The van der Waals surface area contributed by atoms with E-state index in [1.54, 1.807) is 7.11 Å². The van der Waals surface area contributed by atoms with Crippen molar-refractivity contribution in [2.75, 3.05) is 25.1 Å². The molecule has 3 rings (SSSR count). The van der Waals surface area contributed by atoms with Crippen LogP contribution in [0.1, 0.15) is 31.1 Å². The molecular weight excluding hydrogens is 316 g/mol. The van der Waals surface area contributed by atoms with Crippen molar-refractivity contribution in [3.63, 3.8) is 0 Å². The van der Waals surface area contributed by atoms with Crippen LogP contribution in [0.2, 0.25) is 0 Å². The summed E-state index contributed by atoms with van der Waals surface area (Å²) in [6.45, 7) is 11.8. The lowest BCUT2D eigenvalue weighted by Crippen LogP contribution is -2.26. The maximum absolute atomic E-state index is 5.22. The molecule has 0 N–H and O–H groups in total. The molecule has 0 radical (unpaired) electrons. The fraction of sp³-hybridized carbons (Fsp3) is 0.444. The number of anilines is 1. The summed E-state index contributed by atoms with van der Waals surface area (Å²) in [4.78, 5) is 16.0. The molecule has 0 aliphatic carbocycles. The fourth-order valence-electron chi connectivity index (χ4n) is 3.07. The third-order valence-corrected chi connectivity index (χ3v) is 4.34. The number of hydrogen-bond acceptors (Lipinski definition) is 6. The predicted octanol–water partition coefficient (Wildman–Crippen LogP) is 2.97. The Morgan fingerprint density at radius 3 is 2.32 bits per heavy atom. The SMILES string of the molecule is CCN(CC)c1nc(C)nc2c(-c3ccc(OC)nc3C)c(C)nn12. The van der Waals surface area contributed by atoms with Crippen LogP contribution in [0.3, 0.4) is 0 Å².